The summed E-state index contributed by atoms with van der Waals surface area (Å²) >= 11 is 0. The van der Waals surface area contributed by atoms with Gasteiger partial charge in [-0.2, -0.15) is 0 Å². The number of carbonyl (C=O) groups excluding carboxylic acids is 1. The molecule has 2 aromatic rings. The summed E-state index contributed by atoms with van der Waals surface area (Å²) in [4.78, 5) is 34.1. The number of nitrogens with one attached hydrogen (secondary N) is 1. The molecule has 8 nitrogen and oxygen atoms in total. The van der Waals surface area contributed by atoms with Crippen LogP contribution in [0.15, 0.2) is 48.5 Å². The molecule has 0 aliphatic carbocycles. The van der Waals surface area contributed by atoms with Crippen molar-refractivity contribution >= 4 is 17.6 Å². The minimum absolute atomic E-state index is 0.104. The molecule has 1 unspecified atom stereocenters. The van der Waals surface area contributed by atoms with Crippen LogP contribution < -0.4 is 10.1 Å². The molecule has 0 aliphatic heterocycles. The summed E-state index contributed by atoms with van der Waals surface area (Å²) in [5, 5.41) is 22.9. The van der Waals surface area contributed by atoms with Crippen molar-refractivity contribution in [3.63, 3.8) is 0 Å². The third kappa shape index (κ3) is 5.53. The number of carbonyl (C=O) groups is 2. The predicted octanol–water partition coefficient (Wildman–Crippen LogP) is 2.67. The Morgan fingerprint density at radius 3 is 2.44 bits per heavy atom. The van der Waals surface area contributed by atoms with Crippen molar-refractivity contribution in [2.24, 2.45) is 5.92 Å². The zero-order valence-corrected chi connectivity index (χ0v) is 14.8. The maximum atomic E-state index is 12.2. The van der Waals surface area contributed by atoms with E-state index in [2.05, 4.69) is 5.32 Å². The molecule has 0 radical (unpaired) electrons. The van der Waals surface area contributed by atoms with Crippen LogP contribution in [0.3, 0.4) is 0 Å². The molecule has 0 aromatic heterocycles. The number of para-hydroxylation sites is 1. The highest BCUT2D eigenvalue weighted by Crippen LogP contribution is 2.18. The Kier molecular flexibility index (Phi) is 6.87. The van der Waals surface area contributed by atoms with Crippen LogP contribution in [-0.2, 0) is 11.2 Å². The van der Waals surface area contributed by atoms with Gasteiger partial charge in [0, 0.05) is 12.6 Å². The summed E-state index contributed by atoms with van der Waals surface area (Å²) < 4.78 is 5.34. The lowest BCUT2D eigenvalue weighted by Crippen LogP contribution is -2.34. The summed E-state index contributed by atoms with van der Waals surface area (Å²) in [6, 6.07) is 12.6. The number of nitro groups is 1. The second-order valence-corrected chi connectivity index (χ2v) is 5.80. The number of rotatable bonds is 9. The molecule has 0 bridgehead atoms. The maximum Gasteiger partial charge on any atom is 0.308 e. The van der Waals surface area contributed by atoms with Crippen molar-refractivity contribution in [3.8, 4) is 5.75 Å². The van der Waals surface area contributed by atoms with Gasteiger partial charge in [0.25, 0.3) is 11.6 Å². The van der Waals surface area contributed by atoms with Crippen LogP contribution in [0, 0.1) is 16.0 Å². The van der Waals surface area contributed by atoms with Gasteiger partial charge in [0.1, 0.15) is 11.3 Å². The van der Waals surface area contributed by atoms with Gasteiger partial charge < -0.3 is 15.2 Å². The van der Waals surface area contributed by atoms with Crippen molar-refractivity contribution in [2.75, 3.05) is 13.2 Å². The number of nitro benzene ring substituents is 1. The number of carboxylic acid groups (broad SMARTS) is 1. The van der Waals surface area contributed by atoms with Gasteiger partial charge in [0.2, 0.25) is 0 Å². The summed E-state index contributed by atoms with van der Waals surface area (Å²) in [7, 11) is 0. The zero-order chi connectivity index (χ0) is 19.8. The topological polar surface area (TPSA) is 119 Å². The Morgan fingerprint density at radius 1 is 1.19 bits per heavy atom. The molecular formula is C19H20N2O6. The highest BCUT2D eigenvalue weighted by atomic mass is 16.6. The lowest BCUT2D eigenvalue weighted by molar-refractivity contribution is -0.385. The summed E-state index contributed by atoms with van der Waals surface area (Å²) in [5.41, 5.74) is 0.354. The van der Waals surface area contributed by atoms with Gasteiger partial charge in [-0.1, -0.05) is 24.3 Å². The molecule has 0 saturated heterocycles. The van der Waals surface area contributed by atoms with E-state index in [1.54, 1.807) is 24.3 Å². The SMILES string of the molecule is CCOc1ccc(CC(CNC(=O)c2ccccc2[N+](=O)[O-])C(=O)O)cc1. The molecule has 27 heavy (non-hydrogen) atoms. The molecule has 0 saturated carbocycles. The van der Waals surface area contributed by atoms with Gasteiger partial charge >= 0.3 is 5.97 Å². The average Bonchev–Trinajstić information content (AvgIpc) is 2.66. The van der Waals surface area contributed by atoms with E-state index in [-0.39, 0.29) is 24.2 Å². The van der Waals surface area contributed by atoms with Crippen LogP contribution in [0.25, 0.3) is 0 Å². The summed E-state index contributed by atoms with van der Waals surface area (Å²) in [6.45, 7) is 2.26. The van der Waals surface area contributed by atoms with E-state index in [4.69, 9.17) is 4.74 Å². The first-order valence-corrected chi connectivity index (χ1v) is 8.38. The number of hydrogen-bond acceptors (Lipinski definition) is 5. The van der Waals surface area contributed by atoms with Crippen LogP contribution in [-0.4, -0.2) is 35.1 Å². The number of ether oxygens (including phenoxy) is 1. The third-order valence-corrected chi connectivity index (χ3v) is 3.92. The van der Waals surface area contributed by atoms with E-state index >= 15 is 0 Å². The number of carboxylic acids is 1. The largest absolute Gasteiger partial charge is 0.494 e. The zero-order valence-electron chi connectivity index (χ0n) is 14.8. The fraction of sp³-hybridized carbons (Fsp3) is 0.263. The molecular weight excluding hydrogens is 352 g/mol. The maximum absolute atomic E-state index is 12.2. The Labute approximate surface area is 155 Å². The van der Waals surface area contributed by atoms with Gasteiger partial charge in [0.05, 0.1) is 17.4 Å². The van der Waals surface area contributed by atoms with Crippen LogP contribution >= 0.6 is 0 Å². The first kappa shape index (κ1) is 19.9. The lowest BCUT2D eigenvalue weighted by atomic mass is 9.99. The van der Waals surface area contributed by atoms with Crippen molar-refractivity contribution in [1.29, 1.82) is 0 Å². The molecule has 0 heterocycles. The van der Waals surface area contributed by atoms with Gasteiger partial charge in [-0.3, -0.25) is 19.7 Å². The number of nitrogens with zero attached hydrogens (tertiary/aromatic N) is 1. The van der Waals surface area contributed by atoms with Crippen molar-refractivity contribution in [1.82, 2.24) is 5.32 Å². The van der Waals surface area contributed by atoms with Gasteiger partial charge in [-0.25, -0.2) is 0 Å². The minimum Gasteiger partial charge on any atom is -0.494 e. The van der Waals surface area contributed by atoms with Gasteiger partial charge in [-0.15, -0.1) is 0 Å². The number of amides is 1. The summed E-state index contributed by atoms with van der Waals surface area (Å²) in [6.07, 6.45) is 0.207. The Morgan fingerprint density at radius 2 is 1.85 bits per heavy atom. The van der Waals surface area contributed by atoms with Crippen LogP contribution in [0.1, 0.15) is 22.8 Å². The van der Waals surface area contributed by atoms with E-state index in [0.717, 1.165) is 5.56 Å². The molecule has 1 atom stereocenters. The molecule has 142 valence electrons. The fourth-order valence-electron chi connectivity index (χ4n) is 2.56. The standard InChI is InChI=1S/C19H20N2O6/c1-2-27-15-9-7-13(8-10-15)11-14(19(23)24)12-20-18(22)16-5-3-4-6-17(16)21(25)26/h3-10,14H,2,11-12H2,1H3,(H,20,22)(H,23,24). The number of hydrogen-bond donors (Lipinski definition) is 2. The molecule has 2 N–H and O–H groups in total. The van der Waals surface area contributed by atoms with Crippen LogP contribution in [0.2, 0.25) is 0 Å². The Hall–Kier alpha value is -3.42. The predicted molar refractivity (Wildman–Crippen MR) is 97.9 cm³/mol. The molecule has 0 aliphatic rings. The Balaban J connectivity index is 2.03. The fourth-order valence-corrected chi connectivity index (χ4v) is 2.56. The normalized spacial score (nSPS) is 11.4. The molecule has 2 rings (SSSR count). The summed E-state index contributed by atoms with van der Waals surface area (Å²) in [5.74, 6) is -1.92. The third-order valence-electron chi connectivity index (χ3n) is 3.92. The van der Waals surface area contributed by atoms with Crippen molar-refractivity contribution < 1.29 is 24.4 Å². The first-order valence-electron chi connectivity index (χ1n) is 8.38. The quantitative estimate of drug-likeness (QED) is 0.516. The average molecular weight is 372 g/mol. The Bertz CT molecular complexity index is 819. The van der Waals surface area contributed by atoms with E-state index in [0.29, 0.717) is 12.4 Å². The van der Waals surface area contributed by atoms with E-state index in [1.165, 1.54) is 24.3 Å². The lowest BCUT2D eigenvalue weighted by Gasteiger charge is -2.14. The second-order valence-electron chi connectivity index (χ2n) is 5.80. The monoisotopic (exact) mass is 372 g/mol. The second kappa shape index (κ2) is 9.33. The molecule has 8 heteroatoms. The number of benzene rings is 2. The highest BCUT2D eigenvalue weighted by Gasteiger charge is 2.23. The van der Waals surface area contributed by atoms with E-state index in [1.807, 2.05) is 6.92 Å². The van der Waals surface area contributed by atoms with Crippen LogP contribution in [0.5, 0.6) is 5.75 Å². The molecule has 1 amide bonds. The van der Waals surface area contributed by atoms with Gasteiger partial charge in [-0.05, 0) is 37.1 Å². The highest BCUT2D eigenvalue weighted by molar-refractivity contribution is 5.98. The van der Waals surface area contributed by atoms with Crippen molar-refractivity contribution in [3.05, 3.63) is 69.8 Å². The van der Waals surface area contributed by atoms with E-state index < -0.39 is 22.7 Å². The van der Waals surface area contributed by atoms with E-state index in [9.17, 15) is 24.8 Å². The molecule has 0 spiro atoms. The van der Waals surface area contributed by atoms with Gasteiger partial charge in [0.15, 0.2) is 0 Å². The number of aliphatic carboxylic acids is 1. The first-order chi connectivity index (χ1) is 12.9. The smallest absolute Gasteiger partial charge is 0.308 e. The van der Waals surface area contributed by atoms with Crippen LogP contribution in [0.4, 0.5) is 5.69 Å². The molecule has 0 fully saturated rings. The molecule has 2 aromatic carbocycles. The minimum atomic E-state index is -1.06. The van der Waals surface area contributed by atoms with Crippen molar-refractivity contribution in [2.45, 2.75) is 13.3 Å².